The Morgan fingerprint density at radius 2 is 1.88 bits per heavy atom. The van der Waals surface area contributed by atoms with Gasteiger partial charge in [0, 0.05) is 24.5 Å². The average Bonchev–Trinajstić information content (AvgIpc) is 3.31. The van der Waals surface area contributed by atoms with Gasteiger partial charge in [-0.1, -0.05) is 23.2 Å². The van der Waals surface area contributed by atoms with E-state index < -0.39 is 23.9 Å². The number of nitrogens with zero attached hydrogens (tertiary/aromatic N) is 1. The van der Waals surface area contributed by atoms with Crippen molar-refractivity contribution in [2.75, 3.05) is 10.6 Å². The van der Waals surface area contributed by atoms with Crippen molar-refractivity contribution < 1.29 is 14.0 Å². The van der Waals surface area contributed by atoms with E-state index in [1.165, 1.54) is 12.3 Å². The van der Waals surface area contributed by atoms with Gasteiger partial charge in [-0.3, -0.25) is 9.59 Å². The molecule has 1 saturated carbocycles. The van der Waals surface area contributed by atoms with Crippen LogP contribution in [0, 0.1) is 5.92 Å². The fraction of sp³-hybridized carbons (Fsp3) is 0.235. The summed E-state index contributed by atoms with van der Waals surface area (Å²) in [6.45, 7) is 0.246. The Kier molecular flexibility index (Phi) is 5.41. The van der Waals surface area contributed by atoms with Gasteiger partial charge in [-0.15, -0.1) is 0 Å². The third-order valence-corrected chi connectivity index (χ3v) is 4.48. The van der Waals surface area contributed by atoms with Crippen molar-refractivity contribution in [3.63, 3.8) is 0 Å². The predicted molar refractivity (Wildman–Crippen MR) is 98.2 cm³/mol. The molecule has 1 fully saturated rings. The molecule has 0 radical (unpaired) electrons. The topological polar surface area (TPSA) is 97.1 Å². The van der Waals surface area contributed by atoms with Crippen LogP contribution in [-0.2, 0) is 11.3 Å². The molecule has 2 aromatic rings. The van der Waals surface area contributed by atoms with E-state index in [0.29, 0.717) is 11.3 Å². The molecular weight excluding hydrogens is 382 g/mol. The highest BCUT2D eigenvalue weighted by atomic mass is 35.5. The van der Waals surface area contributed by atoms with Crippen LogP contribution in [0.5, 0.6) is 0 Å². The molecule has 0 unspecified atom stereocenters. The molecule has 3 rings (SSSR count). The first-order valence-corrected chi connectivity index (χ1v) is 8.55. The Hall–Kier alpha value is -2.22. The van der Waals surface area contributed by atoms with Gasteiger partial charge in [0.05, 0.1) is 21.5 Å². The fourth-order valence-electron chi connectivity index (χ4n) is 2.38. The van der Waals surface area contributed by atoms with Crippen LogP contribution >= 0.6 is 23.2 Å². The lowest BCUT2D eigenvalue weighted by molar-refractivity contribution is -0.117. The minimum absolute atomic E-state index is 0.117. The number of amides is 2. The highest BCUT2D eigenvalue weighted by Crippen LogP contribution is 2.34. The number of aromatic nitrogens is 1. The lowest BCUT2D eigenvalue weighted by atomic mass is 10.1. The zero-order valence-corrected chi connectivity index (χ0v) is 14.9. The van der Waals surface area contributed by atoms with Gasteiger partial charge in [0.2, 0.25) is 5.91 Å². The van der Waals surface area contributed by atoms with Crippen LogP contribution in [0.4, 0.5) is 15.9 Å². The van der Waals surface area contributed by atoms with Gasteiger partial charge in [0.15, 0.2) is 0 Å². The summed E-state index contributed by atoms with van der Waals surface area (Å²) in [5.74, 6) is -1.37. The monoisotopic (exact) mass is 396 g/mol. The first-order valence-electron chi connectivity index (χ1n) is 7.79. The van der Waals surface area contributed by atoms with Crippen LogP contribution in [-0.4, -0.2) is 23.0 Å². The fourth-order valence-corrected chi connectivity index (χ4v) is 3.09. The third kappa shape index (κ3) is 4.12. The Morgan fingerprint density at radius 3 is 2.46 bits per heavy atom. The number of hydrogen-bond acceptors (Lipinski definition) is 4. The molecule has 26 heavy (non-hydrogen) atoms. The maximum atomic E-state index is 12.9. The van der Waals surface area contributed by atoms with Crippen LogP contribution < -0.4 is 16.4 Å². The Morgan fingerprint density at radius 1 is 1.23 bits per heavy atom. The van der Waals surface area contributed by atoms with E-state index in [1.807, 2.05) is 0 Å². The Bertz CT molecular complexity index is 855. The first kappa shape index (κ1) is 18.6. The van der Waals surface area contributed by atoms with E-state index in [1.54, 1.807) is 18.2 Å². The standard InChI is InChI=1S/C17H15Cl2FN4O2/c18-11-3-8(7-21)4-12(19)15(11)17(26)23-9-1-2-22-14(5-9)24-16(25)10-6-13(10)20/h1-5,10,13H,6-7,21H2,(H2,22,23,24,25,26)/t10-,13+/m0/s1. The van der Waals surface area contributed by atoms with Crippen LogP contribution in [0.15, 0.2) is 30.5 Å². The number of benzene rings is 1. The number of nitrogens with two attached hydrogens (primary N) is 1. The summed E-state index contributed by atoms with van der Waals surface area (Å²) in [5.41, 5.74) is 6.75. The highest BCUT2D eigenvalue weighted by Gasteiger charge is 2.43. The second-order valence-corrected chi connectivity index (χ2v) is 6.68. The van der Waals surface area contributed by atoms with Crippen LogP contribution in [0.1, 0.15) is 22.3 Å². The predicted octanol–water partition coefficient (Wildman–Crippen LogP) is 3.40. The van der Waals surface area contributed by atoms with Crippen molar-refractivity contribution >= 4 is 46.5 Å². The number of rotatable bonds is 5. The van der Waals surface area contributed by atoms with E-state index in [-0.39, 0.29) is 34.4 Å². The number of alkyl halides is 1. The van der Waals surface area contributed by atoms with Crippen molar-refractivity contribution in [2.24, 2.45) is 11.7 Å². The van der Waals surface area contributed by atoms with Gasteiger partial charge in [0.25, 0.3) is 5.91 Å². The molecular formula is C17H15Cl2FN4O2. The van der Waals surface area contributed by atoms with Gasteiger partial charge in [0.1, 0.15) is 12.0 Å². The van der Waals surface area contributed by atoms with Crippen molar-refractivity contribution in [3.8, 4) is 0 Å². The first-order chi connectivity index (χ1) is 12.4. The molecule has 4 N–H and O–H groups in total. The Labute approximate surface area is 158 Å². The quantitative estimate of drug-likeness (QED) is 0.721. The molecule has 0 aliphatic heterocycles. The highest BCUT2D eigenvalue weighted by molar-refractivity contribution is 6.40. The van der Waals surface area contributed by atoms with E-state index in [9.17, 15) is 14.0 Å². The largest absolute Gasteiger partial charge is 0.326 e. The Balaban J connectivity index is 1.74. The molecule has 2 atom stereocenters. The molecule has 6 nitrogen and oxygen atoms in total. The van der Waals surface area contributed by atoms with E-state index in [4.69, 9.17) is 28.9 Å². The van der Waals surface area contributed by atoms with Crippen LogP contribution in [0.2, 0.25) is 10.0 Å². The van der Waals surface area contributed by atoms with Crippen molar-refractivity contribution in [3.05, 3.63) is 51.6 Å². The number of nitrogens with one attached hydrogen (secondary N) is 2. The SMILES string of the molecule is NCc1cc(Cl)c(C(=O)Nc2ccnc(NC(=O)[C@H]3C[C@H]3F)c2)c(Cl)c1. The molecule has 2 amide bonds. The van der Waals surface area contributed by atoms with Gasteiger partial charge >= 0.3 is 0 Å². The molecule has 1 aromatic heterocycles. The molecule has 1 aromatic carbocycles. The van der Waals surface area contributed by atoms with Crippen molar-refractivity contribution in [1.82, 2.24) is 4.98 Å². The second-order valence-electron chi connectivity index (χ2n) is 5.87. The molecule has 1 aliphatic rings. The summed E-state index contributed by atoms with van der Waals surface area (Å²) >= 11 is 12.2. The number of carbonyl (C=O) groups excluding carboxylic acids is 2. The number of carbonyl (C=O) groups is 2. The van der Waals surface area contributed by atoms with E-state index in [0.717, 1.165) is 0 Å². The summed E-state index contributed by atoms with van der Waals surface area (Å²) < 4.78 is 12.9. The molecule has 1 heterocycles. The normalized spacial score (nSPS) is 18.3. The summed E-state index contributed by atoms with van der Waals surface area (Å²) in [6.07, 6.45) is 0.530. The van der Waals surface area contributed by atoms with E-state index in [2.05, 4.69) is 15.6 Å². The summed E-state index contributed by atoms with van der Waals surface area (Å²) in [4.78, 5) is 28.2. The summed E-state index contributed by atoms with van der Waals surface area (Å²) in [5, 5.41) is 5.52. The van der Waals surface area contributed by atoms with Crippen molar-refractivity contribution in [2.45, 2.75) is 19.1 Å². The molecule has 9 heteroatoms. The smallest absolute Gasteiger partial charge is 0.258 e. The van der Waals surface area contributed by atoms with Crippen molar-refractivity contribution in [1.29, 1.82) is 0 Å². The minimum atomic E-state index is -1.10. The zero-order valence-electron chi connectivity index (χ0n) is 13.4. The van der Waals surface area contributed by atoms with E-state index >= 15 is 0 Å². The summed E-state index contributed by atoms with van der Waals surface area (Å²) in [6, 6.07) is 6.15. The van der Waals surface area contributed by atoms with Crippen LogP contribution in [0.25, 0.3) is 0 Å². The van der Waals surface area contributed by atoms with Gasteiger partial charge in [-0.2, -0.15) is 0 Å². The lowest BCUT2D eigenvalue weighted by Gasteiger charge is -2.11. The molecule has 136 valence electrons. The molecule has 0 spiro atoms. The maximum Gasteiger partial charge on any atom is 0.258 e. The van der Waals surface area contributed by atoms with Gasteiger partial charge < -0.3 is 16.4 Å². The zero-order chi connectivity index (χ0) is 18.8. The number of halogens is 3. The number of hydrogen-bond donors (Lipinski definition) is 3. The average molecular weight is 397 g/mol. The molecule has 0 bridgehead atoms. The van der Waals surface area contributed by atoms with Gasteiger partial charge in [-0.05, 0) is 30.2 Å². The second kappa shape index (κ2) is 7.57. The minimum Gasteiger partial charge on any atom is -0.326 e. The maximum absolute atomic E-state index is 12.9. The molecule has 1 aliphatic carbocycles. The lowest BCUT2D eigenvalue weighted by Crippen LogP contribution is -2.17. The number of pyridine rings is 1. The summed E-state index contributed by atoms with van der Waals surface area (Å²) in [7, 11) is 0. The third-order valence-electron chi connectivity index (χ3n) is 3.88. The van der Waals surface area contributed by atoms with Crippen LogP contribution in [0.3, 0.4) is 0 Å². The molecule has 0 saturated heterocycles. The number of anilines is 2. The van der Waals surface area contributed by atoms with Gasteiger partial charge in [-0.25, -0.2) is 9.37 Å².